The number of hydrogen-bond acceptors (Lipinski definition) is 2. The highest BCUT2D eigenvalue weighted by molar-refractivity contribution is 4.86. The molecule has 94 valence electrons. The SMILES string of the molecule is CCCCC(C)NC1CCN(CC2CC2)C1. The molecule has 2 heteroatoms. The lowest BCUT2D eigenvalue weighted by molar-refractivity contribution is 0.308. The summed E-state index contributed by atoms with van der Waals surface area (Å²) in [5.41, 5.74) is 0. The van der Waals surface area contributed by atoms with Crippen molar-refractivity contribution in [3.05, 3.63) is 0 Å². The minimum absolute atomic E-state index is 0.714. The monoisotopic (exact) mass is 224 g/mol. The van der Waals surface area contributed by atoms with Gasteiger partial charge in [-0.25, -0.2) is 0 Å². The van der Waals surface area contributed by atoms with E-state index in [1.54, 1.807) is 0 Å². The van der Waals surface area contributed by atoms with E-state index in [4.69, 9.17) is 0 Å². The molecule has 0 amide bonds. The van der Waals surface area contributed by atoms with Gasteiger partial charge in [-0.15, -0.1) is 0 Å². The molecule has 1 N–H and O–H groups in total. The summed E-state index contributed by atoms with van der Waals surface area (Å²) in [6, 6.07) is 1.48. The smallest absolute Gasteiger partial charge is 0.0209 e. The molecule has 1 saturated heterocycles. The number of unbranched alkanes of at least 4 members (excludes halogenated alkanes) is 1. The van der Waals surface area contributed by atoms with Crippen LogP contribution in [0.15, 0.2) is 0 Å². The van der Waals surface area contributed by atoms with Gasteiger partial charge in [0.2, 0.25) is 0 Å². The standard InChI is InChI=1S/C14H28N2/c1-3-4-5-12(2)15-14-8-9-16(11-14)10-13-6-7-13/h12-15H,3-11H2,1-2H3. The van der Waals surface area contributed by atoms with Crippen LogP contribution in [0.2, 0.25) is 0 Å². The Bertz CT molecular complexity index is 201. The van der Waals surface area contributed by atoms with E-state index in [-0.39, 0.29) is 0 Å². The molecule has 2 unspecified atom stereocenters. The Morgan fingerprint density at radius 3 is 2.81 bits per heavy atom. The fourth-order valence-corrected chi connectivity index (χ4v) is 2.80. The second-order valence-electron chi connectivity index (χ2n) is 5.90. The summed E-state index contributed by atoms with van der Waals surface area (Å²) in [5.74, 6) is 1.05. The molecular formula is C14H28N2. The quantitative estimate of drug-likeness (QED) is 0.715. The molecule has 1 saturated carbocycles. The van der Waals surface area contributed by atoms with Crippen LogP contribution in [-0.4, -0.2) is 36.6 Å². The predicted octanol–water partition coefficient (Wildman–Crippen LogP) is 2.64. The molecule has 0 aromatic heterocycles. The highest BCUT2D eigenvalue weighted by Gasteiger charge is 2.29. The van der Waals surface area contributed by atoms with Crippen LogP contribution >= 0.6 is 0 Å². The summed E-state index contributed by atoms with van der Waals surface area (Å²) < 4.78 is 0. The van der Waals surface area contributed by atoms with Crippen molar-refractivity contribution in [2.45, 2.75) is 64.5 Å². The van der Waals surface area contributed by atoms with Crippen molar-refractivity contribution in [2.24, 2.45) is 5.92 Å². The lowest BCUT2D eigenvalue weighted by Gasteiger charge is -2.20. The normalized spacial score (nSPS) is 28.5. The van der Waals surface area contributed by atoms with Gasteiger partial charge in [0.1, 0.15) is 0 Å². The molecule has 0 radical (unpaired) electrons. The Labute approximate surface area is 101 Å². The minimum Gasteiger partial charge on any atom is -0.310 e. The van der Waals surface area contributed by atoms with Crippen molar-refractivity contribution >= 4 is 0 Å². The Balaban J connectivity index is 1.59. The molecular weight excluding hydrogens is 196 g/mol. The highest BCUT2D eigenvalue weighted by atomic mass is 15.2. The van der Waals surface area contributed by atoms with Crippen LogP contribution in [0.3, 0.4) is 0 Å². The molecule has 0 aromatic carbocycles. The van der Waals surface area contributed by atoms with Crippen molar-refractivity contribution < 1.29 is 0 Å². The summed E-state index contributed by atoms with van der Waals surface area (Å²) in [7, 11) is 0. The molecule has 2 rings (SSSR count). The molecule has 0 spiro atoms. The Morgan fingerprint density at radius 1 is 1.31 bits per heavy atom. The Morgan fingerprint density at radius 2 is 2.12 bits per heavy atom. The molecule has 2 nitrogen and oxygen atoms in total. The second-order valence-corrected chi connectivity index (χ2v) is 5.90. The van der Waals surface area contributed by atoms with Crippen LogP contribution in [0.25, 0.3) is 0 Å². The first-order valence-corrected chi connectivity index (χ1v) is 7.26. The van der Waals surface area contributed by atoms with E-state index in [0.717, 1.165) is 12.0 Å². The molecule has 1 aliphatic heterocycles. The van der Waals surface area contributed by atoms with Gasteiger partial charge >= 0.3 is 0 Å². The fourth-order valence-electron chi connectivity index (χ4n) is 2.80. The summed E-state index contributed by atoms with van der Waals surface area (Å²) in [4.78, 5) is 2.67. The van der Waals surface area contributed by atoms with Crippen molar-refractivity contribution in [1.29, 1.82) is 0 Å². The molecule has 1 heterocycles. The third kappa shape index (κ3) is 4.06. The summed E-state index contributed by atoms with van der Waals surface area (Å²) in [6.45, 7) is 8.63. The van der Waals surface area contributed by atoms with Gasteiger partial charge in [0, 0.05) is 25.2 Å². The summed E-state index contributed by atoms with van der Waals surface area (Å²) in [5, 5.41) is 3.80. The van der Waals surface area contributed by atoms with Crippen LogP contribution in [-0.2, 0) is 0 Å². The molecule has 2 fully saturated rings. The molecule has 2 atom stereocenters. The third-order valence-corrected chi connectivity index (χ3v) is 4.00. The van der Waals surface area contributed by atoms with Gasteiger partial charge in [-0.1, -0.05) is 19.8 Å². The summed E-state index contributed by atoms with van der Waals surface area (Å²) >= 11 is 0. The molecule has 1 aliphatic carbocycles. The van der Waals surface area contributed by atoms with Gasteiger partial charge in [-0.05, 0) is 45.1 Å². The largest absolute Gasteiger partial charge is 0.310 e. The van der Waals surface area contributed by atoms with E-state index < -0.39 is 0 Å². The lowest BCUT2D eigenvalue weighted by atomic mass is 10.1. The molecule has 0 bridgehead atoms. The van der Waals surface area contributed by atoms with Crippen molar-refractivity contribution in [3.8, 4) is 0 Å². The van der Waals surface area contributed by atoms with E-state index in [9.17, 15) is 0 Å². The zero-order valence-corrected chi connectivity index (χ0v) is 11.0. The van der Waals surface area contributed by atoms with Gasteiger partial charge in [0.15, 0.2) is 0 Å². The molecule has 16 heavy (non-hydrogen) atoms. The Hall–Kier alpha value is -0.0800. The highest BCUT2D eigenvalue weighted by Crippen LogP contribution is 2.30. The first kappa shape index (κ1) is 12.4. The number of rotatable bonds is 7. The first-order valence-electron chi connectivity index (χ1n) is 7.26. The second kappa shape index (κ2) is 6.02. The average Bonchev–Trinajstić information content (AvgIpc) is 2.96. The maximum Gasteiger partial charge on any atom is 0.0209 e. The van der Waals surface area contributed by atoms with Crippen LogP contribution in [0.4, 0.5) is 0 Å². The number of nitrogens with one attached hydrogen (secondary N) is 1. The van der Waals surface area contributed by atoms with Crippen molar-refractivity contribution in [1.82, 2.24) is 10.2 Å². The van der Waals surface area contributed by atoms with Gasteiger partial charge < -0.3 is 10.2 Å². The van der Waals surface area contributed by atoms with Gasteiger partial charge in [0.25, 0.3) is 0 Å². The number of hydrogen-bond donors (Lipinski definition) is 1. The van der Waals surface area contributed by atoms with E-state index in [1.807, 2.05) is 0 Å². The van der Waals surface area contributed by atoms with E-state index >= 15 is 0 Å². The van der Waals surface area contributed by atoms with Gasteiger partial charge in [0.05, 0.1) is 0 Å². The zero-order chi connectivity index (χ0) is 11.4. The predicted molar refractivity (Wildman–Crippen MR) is 69.7 cm³/mol. The maximum absolute atomic E-state index is 3.80. The van der Waals surface area contributed by atoms with Crippen LogP contribution in [0.1, 0.15) is 52.4 Å². The lowest BCUT2D eigenvalue weighted by Crippen LogP contribution is -2.38. The van der Waals surface area contributed by atoms with Crippen molar-refractivity contribution in [3.63, 3.8) is 0 Å². The summed E-state index contributed by atoms with van der Waals surface area (Å²) in [6.07, 6.45) is 8.37. The zero-order valence-electron chi connectivity index (χ0n) is 11.0. The average molecular weight is 224 g/mol. The fraction of sp³-hybridized carbons (Fsp3) is 1.00. The van der Waals surface area contributed by atoms with Gasteiger partial charge in [-0.2, -0.15) is 0 Å². The minimum atomic E-state index is 0.714. The van der Waals surface area contributed by atoms with Gasteiger partial charge in [-0.3, -0.25) is 0 Å². The van der Waals surface area contributed by atoms with Crippen LogP contribution in [0, 0.1) is 5.92 Å². The van der Waals surface area contributed by atoms with Crippen LogP contribution < -0.4 is 5.32 Å². The topological polar surface area (TPSA) is 15.3 Å². The molecule has 2 aliphatic rings. The number of nitrogens with zero attached hydrogens (tertiary/aromatic N) is 1. The first-order chi connectivity index (χ1) is 7.78. The van der Waals surface area contributed by atoms with Crippen molar-refractivity contribution in [2.75, 3.05) is 19.6 Å². The van der Waals surface area contributed by atoms with E-state index in [0.29, 0.717) is 6.04 Å². The molecule has 0 aromatic rings. The maximum atomic E-state index is 3.80. The third-order valence-electron chi connectivity index (χ3n) is 4.00. The van der Waals surface area contributed by atoms with E-state index in [2.05, 4.69) is 24.1 Å². The van der Waals surface area contributed by atoms with Crippen LogP contribution in [0.5, 0.6) is 0 Å². The number of likely N-dealkylation sites (tertiary alicyclic amines) is 1. The van der Waals surface area contributed by atoms with E-state index in [1.165, 1.54) is 58.2 Å². The Kier molecular flexibility index (Phi) is 4.66.